The minimum Gasteiger partial charge on any atom is -0.356 e. The molecule has 2 aromatic carbocycles. The number of aliphatic imine (C=N–C) groups is 1. The van der Waals surface area contributed by atoms with E-state index in [9.17, 15) is 12.8 Å². The number of benzene rings is 2. The van der Waals surface area contributed by atoms with Gasteiger partial charge in [0.25, 0.3) is 0 Å². The SMILES string of the molecule is CN=C(NCc1ccc(S(C)(=O)=O)cc1)NCC(C)(C)c1cccc(F)c1. The summed E-state index contributed by atoms with van der Waals surface area (Å²) in [5.74, 6) is 0.368. The summed E-state index contributed by atoms with van der Waals surface area (Å²) in [6.07, 6.45) is 1.19. The molecule has 0 saturated heterocycles. The molecule has 0 fully saturated rings. The smallest absolute Gasteiger partial charge is 0.191 e. The monoisotopic (exact) mass is 391 g/mol. The Labute approximate surface area is 160 Å². The Morgan fingerprint density at radius 1 is 1.11 bits per heavy atom. The first-order chi connectivity index (χ1) is 12.6. The van der Waals surface area contributed by atoms with E-state index in [4.69, 9.17) is 0 Å². The highest BCUT2D eigenvalue weighted by atomic mass is 32.2. The molecule has 0 aliphatic rings. The first-order valence-electron chi connectivity index (χ1n) is 8.61. The van der Waals surface area contributed by atoms with Gasteiger partial charge in [-0.1, -0.05) is 38.1 Å². The molecule has 27 heavy (non-hydrogen) atoms. The van der Waals surface area contributed by atoms with E-state index in [0.717, 1.165) is 11.1 Å². The van der Waals surface area contributed by atoms with Crippen LogP contribution in [0, 0.1) is 5.82 Å². The minimum absolute atomic E-state index is 0.249. The van der Waals surface area contributed by atoms with Crippen LogP contribution in [0.2, 0.25) is 0 Å². The van der Waals surface area contributed by atoms with Crippen LogP contribution in [0.3, 0.4) is 0 Å². The van der Waals surface area contributed by atoms with Crippen LogP contribution in [0.15, 0.2) is 58.4 Å². The Morgan fingerprint density at radius 2 is 1.78 bits per heavy atom. The van der Waals surface area contributed by atoms with Crippen LogP contribution in [0.1, 0.15) is 25.0 Å². The van der Waals surface area contributed by atoms with Gasteiger partial charge < -0.3 is 10.6 Å². The molecule has 146 valence electrons. The number of nitrogens with one attached hydrogen (secondary N) is 2. The van der Waals surface area contributed by atoms with Gasteiger partial charge in [0.1, 0.15) is 5.82 Å². The van der Waals surface area contributed by atoms with Gasteiger partial charge in [-0.25, -0.2) is 12.8 Å². The maximum Gasteiger partial charge on any atom is 0.191 e. The number of hydrogen-bond acceptors (Lipinski definition) is 3. The first-order valence-corrected chi connectivity index (χ1v) is 10.5. The molecule has 2 rings (SSSR count). The molecule has 0 unspecified atom stereocenters. The molecule has 0 aliphatic heterocycles. The highest BCUT2D eigenvalue weighted by molar-refractivity contribution is 7.90. The summed E-state index contributed by atoms with van der Waals surface area (Å²) in [5, 5.41) is 6.45. The second-order valence-electron chi connectivity index (χ2n) is 7.09. The van der Waals surface area contributed by atoms with E-state index in [1.807, 2.05) is 19.9 Å². The van der Waals surface area contributed by atoms with Gasteiger partial charge in [0.2, 0.25) is 0 Å². The van der Waals surface area contributed by atoms with Crippen LogP contribution >= 0.6 is 0 Å². The lowest BCUT2D eigenvalue weighted by molar-refractivity contribution is 0.503. The molecule has 0 saturated carbocycles. The van der Waals surface area contributed by atoms with E-state index in [-0.39, 0.29) is 11.2 Å². The zero-order valence-electron chi connectivity index (χ0n) is 16.1. The molecular formula is C20H26FN3O2S. The predicted molar refractivity (Wildman–Crippen MR) is 107 cm³/mol. The van der Waals surface area contributed by atoms with Crippen molar-refractivity contribution in [1.29, 1.82) is 0 Å². The van der Waals surface area contributed by atoms with Crippen molar-refractivity contribution in [3.8, 4) is 0 Å². The van der Waals surface area contributed by atoms with Crippen LogP contribution in [0.4, 0.5) is 4.39 Å². The van der Waals surface area contributed by atoms with Gasteiger partial charge in [0, 0.05) is 31.8 Å². The van der Waals surface area contributed by atoms with Crippen molar-refractivity contribution in [3.63, 3.8) is 0 Å². The van der Waals surface area contributed by atoms with Crippen molar-refractivity contribution in [2.75, 3.05) is 19.8 Å². The molecule has 0 amide bonds. The molecule has 0 radical (unpaired) electrons. The molecule has 0 atom stereocenters. The molecule has 0 bridgehead atoms. The molecule has 2 aromatic rings. The van der Waals surface area contributed by atoms with E-state index in [2.05, 4.69) is 15.6 Å². The summed E-state index contributed by atoms with van der Waals surface area (Å²) >= 11 is 0. The van der Waals surface area contributed by atoms with Crippen LogP contribution in [0.25, 0.3) is 0 Å². The van der Waals surface area contributed by atoms with Gasteiger partial charge in [0.15, 0.2) is 15.8 Å². The van der Waals surface area contributed by atoms with Gasteiger partial charge in [-0.15, -0.1) is 0 Å². The predicted octanol–water partition coefficient (Wildman–Crippen LogP) is 2.87. The van der Waals surface area contributed by atoms with Crippen molar-refractivity contribution in [1.82, 2.24) is 10.6 Å². The van der Waals surface area contributed by atoms with Crippen LogP contribution in [-0.2, 0) is 21.8 Å². The summed E-state index contributed by atoms with van der Waals surface area (Å²) in [5.41, 5.74) is 1.56. The fourth-order valence-corrected chi connectivity index (χ4v) is 3.21. The van der Waals surface area contributed by atoms with E-state index in [0.29, 0.717) is 23.9 Å². The van der Waals surface area contributed by atoms with Crippen molar-refractivity contribution >= 4 is 15.8 Å². The zero-order valence-corrected chi connectivity index (χ0v) is 16.9. The van der Waals surface area contributed by atoms with E-state index >= 15 is 0 Å². The minimum atomic E-state index is -3.19. The lowest BCUT2D eigenvalue weighted by Gasteiger charge is -2.27. The lowest BCUT2D eigenvalue weighted by atomic mass is 9.84. The number of guanidine groups is 1. The van der Waals surface area contributed by atoms with Gasteiger partial charge in [-0.3, -0.25) is 4.99 Å². The summed E-state index contributed by atoms with van der Waals surface area (Å²) < 4.78 is 36.5. The number of hydrogen-bond donors (Lipinski definition) is 2. The van der Waals surface area contributed by atoms with Gasteiger partial charge in [-0.05, 0) is 35.4 Å². The van der Waals surface area contributed by atoms with Gasteiger partial charge in [-0.2, -0.15) is 0 Å². The summed E-state index contributed by atoms with van der Waals surface area (Å²) in [6.45, 7) is 5.14. The second-order valence-corrected chi connectivity index (χ2v) is 9.11. The third-order valence-corrected chi connectivity index (χ3v) is 5.47. The largest absolute Gasteiger partial charge is 0.356 e. The standard InChI is InChI=1S/C20H26FN3O2S/c1-20(2,16-6-5-7-17(21)12-16)14-24-19(22-3)23-13-15-8-10-18(11-9-15)27(4,25)26/h5-12H,13-14H2,1-4H3,(H2,22,23,24). The fourth-order valence-electron chi connectivity index (χ4n) is 2.58. The fraction of sp³-hybridized carbons (Fsp3) is 0.350. The average Bonchev–Trinajstić information content (AvgIpc) is 2.61. The Kier molecular flexibility index (Phi) is 6.59. The number of nitrogens with zero attached hydrogens (tertiary/aromatic N) is 1. The van der Waals surface area contributed by atoms with E-state index < -0.39 is 9.84 Å². The Balaban J connectivity index is 1.94. The van der Waals surface area contributed by atoms with Crippen molar-refractivity contribution in [2.24, 2.45) is 4.99 Å². The average molecular weight is 392 g/mol. The molecular weight excluding hydrogens is 365 g/mol. The Morgan fingerprint density at radius 3 is 2.33 bits per heavy atom. The molecule has 5 nitrogen and oxygen atoms in total. The van der Waals surface area contributed by atoms with Crippen molar-refractivity contribution < 1.29 is 12.8 Å². The van der Waals surface area contributed by atoms with Crippen LogP contribution < -0.4 is 10.6 Å². The van der Waals surface area contributed by atoms with Gasteiger partial charge >= 0.3 is 0 Å². The maximum absolute atomic E-state index is 13.5. The van der Waals surface area contributed by atoms with E-state index in [1.54, 1.807) is 43.4 Å². The van der Waals surface area contributed by atoms with Crippen LogP contribution in [0.5, 0.6) is 0 Å². The Bertz CT molecular complexity index is 907. The maximum atomic E-state index is 13.5. The highest BCUT2D eigenvalue weighted by Gasteiger charge is 2.21. The molecule has 7 heteroatoms. The van der Waals surface area contributed by atoms with E-state index in [1.165, 1.54) is 12.3 Å². The van der Waals surface area contributed by atoms with Gasteiger partial charge in [0.05, 0.1) is 4.90 Å². The molecule has 0 aromatic heterocycles. The molecule has 0 heterocycles. The zero-order chi connectivity index (χ0) is 20.1. The number of rotatable bonds is 6. The van der Waals surface area contributed by atoms with Crippen molar-refractivity contribution in [3.05, 3.63) is 65.5 Å². The summed E-state index contributed by atoms with van der Waals surface area (Å²) in [6, 6.07) is 13.3. The van der Waals surface area contributed by atoms with Crippen molar-refractivity contribution in [2.45, 2.75) is 30.7 Å². The topological polar surface area (TPSA) is 70.6 Å². The molecule has 2 N–H and O–H groups in total. The highest BCUT2D eigenvalue weighted by Crippen LogP contribution is 2.22. The number of halogens is 1. The lowest BCUT2D eigenvalue weighted by Crippen LogP contribution is -2.43. The Hall–Kier alpha value is -2.41. The third-order valence-electron chi connectivity index (χ3n) is 4.34. The summed E-state index contributed by atoms with van der Waals surface area (Å²) in [7, 11) is -1.52. The molecule has 0 spiro atoms. The second kappa shape index (κ2) is 8.52. The summed E-state index contributed by atoms with van der Waals surface area (Å²) in [4.78, 5) is 4.50. The third kappa shape index (κ3) is 6.06. The normalized spacial score (nSPS) is 12.7. The first kappa shape index (κ1) is 20.9. The quantitative estimate of drug-likeness (QED) is 0.587. The van der Waals surface area contributed by atoms with Crippen LogP contribution in [-0.4, -0.2) is 34.2 Å². The number of sulfone groups is 1. The molecule has 0 aliphatic carbocycles.